The summed E-state index contributed by atoms with van der Waals surface area (Å²) >= 11 is 0. The van der Waals surface area contributed by atoms with Crippen molar-refractivity contribution in [2.45, 2.75) is 32.4 Å². The Morgan fingerprint density at radius 2 is 2.00 bits per heavy atom. The summed E-state index contributed by atoms with van der Waals surface area (Å²) in [5.41, 5.74) is 2.00. The zero-order valence-corrected chi connectivity index (χ0v) is 12.8. The number of aromatic hydroxyl groups is 1. The number of sulfonamides is 1. The molecule has 2 rings (SSSR count). The minimum absolute atomic E-state index is 0.299. The minimum Gasteiger partial charge on any atom is -0.508 e. The summed E-state index contributed by atoms with van der Waals surface area (Å²) in [6, 6.07) is 5.85. The predicted molar refractivity (Wildman–Crippen MR) is 79.1 cm³/mol. The van der Waals surface area contributed by atoms with Gasteiger partial charge in [0.2, 0.25) is 10.0 Å². The van der Waals surface area contributed by atoms with Crippen molar-refractivity contribution in [1.29, 1.82) is 0 Å². The van der Waals surface area contributed by atoms with E-state index in [1.54, 1.807) is 6.07 Å². The fourth-order valence-electron chi connectivity index (χ4n) is 2.50. The van der Waals surface area contributed by atoms with Crippen LogP contribution in [0.3, 0.4) is 0 Å². The van der Waals surface area contributed by atoms with Crippen molar-refractivity contribution in [2.24, 2.45) is 0 Å². The summed E-state index contributed by atoms with van der Waals surface area (Å²) in [6.07, 6.45) is 2.87. The van der Waals surface area contributed by atoms with Crippen molar-refractivity contribution in [3.8, 4) is 5.75 Å². The van der Waals surface area contributed by atoms with Crippen molar-refractivity contribution in [1.82, 2.24) is 9.62 Å². The van der Waals surface area contributed by atoms with Gasteiger partial charge in [-0.15, -0.1) is 0 Å². The van der Waals surface area contributed by atoms with E-state index in [0.29, 0.717) is 31.4 Å². The van der Waals surface area contributed by atoms with Gasteiger partial charge in [-0.25, -0.2) is 12.7 Å². The summed E-state index contributed by atoms with van der Waals surface area (Å²) in [5, 5.41) is 13.2. The Morgan fingerprint density at radius 1 is 1.35 bits per heavy atom. The third-order valence-corrected chi connectivity index (χ3v) is 5.04. The van der Waals surface area contributed by atoms with Gasteiger partial charge in [0.05, 0.1) is 6.26 Å². The first-order chi connectivity index (χ1) is 9.36. The van der Waals surface area contributed by atoms with Crippen LogP contribution in [0.25, 0.3) is 0 Å². The molecule has 0 bridgehead atoms. The number of nitrogens with one attached hydrogen (secondary N) is 1. The molecule has 0 saturated carbocycles. The van der Waals surface area contributed by atoms with Gasteiger partial charge in [0.1, 0.15) is 5.75 Å². The van der Waals surface area contributed by atoms with E-state index in [0.717, 1.165) is 24.0 Å². The molecule has 112 valence electrons. The van der Waals surface area contributed by atoms with Crippen LogP contribution < -0.4 is 5.32 Å². The van der Waals surface area contributed by atoms with Crippen molar-refractivity contribution in [2.75, 3.05) is 19.3 Å². The second-order valence-electron chi connectivity index (χ2n) is 5.45. The molecule has 0 radical (unpaired) electrons. The molecular formula is C14H22N2O3S. The third kappa shape index (κ3) is 3.94. The van der Waals surface area contributed by atoms with Gasteiger partial charge in [-0.1, -0.05) is 17.7 Å². The van der Waals surface area contributed by atoms with Gasteiger partial charge in [0.25, 0.3) is 0 Å². The second kappa shape index (κ2) is 6.11. The number of nitrogens with zero attached hydrogens (tertiary/aromatic N) is 1. The Balaban J connectivity index is 1.86. The fraction of sp³-hybridized carbons (Fsp3) is 0.571. The summed E-state index contributed by atoms with van der Waals surface area (Å²) < 4.78 is 24.4. The average Bonchev–Trinajstić information content (AvgIpc) is 2.39. The summed E-state index contributed by atoms with van der Waals surface area (Å²) in [7, 11) is -3.06. The van der Waals surface area contributed by atoms with Crippen LogP contribution in [-0.2, 0) is 16.6 Å². The van der Waals surface area contributed by atoms with Crippen LogP contribution in [0, 0.1) is 6.92 Å². The molecule has 20 heavy (non-hydrogen) atoms. The SMILES string of the molecule is Cc1ccc(O)c(CNC2CCN(S(C)(=O)=O)CC2)c1. The lowest BCUT2D eigenvalue weighted by Crippen LogP contribution is -2.44. The topological polar surface area (TPSA) is 69.6 Å². The number of phenols is 1. The lowest BCUT2D eigenvalue weighted by molar-refractivity contribution is 0.289. The van der Waals surface area contributed by atoms with E-state index >= 15 is 0 Å². The number of piperidine rings is 1. The van der Waals surface area contributed by atoms with Crippen LogP contribution in [0.2, 0.25) is 0 Å². The lowest BCUT2D eigenvalue weighted by atomic mass is 10.1. The fourth-order valence-corrected chi connectivity index (χ4v) is 3.38. The first-order valence-electron chi connectivity index (χ1n) is 6.83. The molecule has 1 fully saturated rings. The van der Waals surface area contributed by atoms with Crippen molar-refractivity contribution in [3.05, 3.63) is 29.3 Å². The maximum Gasteiger partial charge on any atom is 0.211 e. The molecule has 0 spiro atoms. The van der Waals surface area contributed by atoms with E-state index in [4.69, 9.17) is 0 Å². The van der Waals surface area contributed by atoms with Crippen LogP contribution in [-0.4, -0.2) is 43.2 Å². The van der Waals surface area contributed by atoms with E-state index in [9.17, 15) is 13.5 Å². The molecule has 6 heteroatoms. The highest BCUT2D eigenvalue weighted by Gasteiger charge is 2.24. The Labute approximate surface area is 120 Å². The molecule has 1 aromatic carbocycles. The average molecular weight is 298 g/mol. The van der Waals surface area contributed by atoms with Gasteiger partial charge < -0.3 is 10.4 Å². The summed E-state index contributed by atoms with van der Waals surface area (Å²) in [4.78, 5) is 0. The van der Waals surface area contributed by atoms with Crippen molar-refractivity contribution < 1.29 is 13.5 Å². The molecule has 0 amide bonds. The Hall–Kier alpha value is -1.11. The van der Waals surface area contributed by atoms with E-state index < -0.39 is 10.0 Å². The molecule has 1 aliphatic rings. The maximum atomic E-state index is 11.4. The summed E-state index contributed by atoms with van der Waals surface area (Å²) in [5.74, 6) is 0.302. The highest BCUT2D eigenvalue weighted by molar-refractivity contribution is 7.88. The second-order valence-corrected chi connectivity index (χ2v) is 7.43. The predicted octanol–water partition coefficient (Wildman–Crippen LogP) is 1.21. The number of hydrogen-bond donors (Lipinski definition) is 2. The minimum atomic E-state index is -3.06. The van der Waals surface area contributed by atoms with Crippen molar-refractivity contribution >= 4 is 10.0 Å². The van der Waals surface area contributed by atoms with E-state index in [2.05, 4.69) is 5.32 Å². The molecular weight excluding hydrogens is 276 g/mol. The molecule has 1 saturated heterocycles. The van der Waals surface area contributed by atoms with Gasteiger partial charge in [-0.3, -0.25) is 0 Å². The highest BCUT2D eigenvalue weighted by atomic mass is 32.2. The van der Waals surface area contributed by atoms with Gasteiger partial charge in [-0.05, 0) is 25.8 Å². The van der Waals surface area contributed by atoms with Crippen LogP contribution in [0.4, 0.5) is 0 Å². The van der Waals surface area contributed by atoms with Crippen LogP contribution >= 0.6 is 0 Å². The number of benzene rings is 1. The Kier molecular flexibility index (Phi) is 4.67. The maximum absolute atomic E-state index is 11.4. The number of aryl methyl sites for hydroxylation is 1. The molecule has 0 atom stereocenters. The standard InChI is InChI=1S/C14H22N2O3S/c1-11-3-4-14(17)12(9-11)10-15-13-5-7-16(8-6-13)20(2,18)19/h3-4,9,13,15,17H,5-8,10H2,1-2H3. The van der Waals surface area contributed by atoms with Gasteiger partial charge in [-0.2, -0.15) is 0 Å². The Bertz CT molecular complexity index is 564. The van der Waals surface area contributed by atoms with E-state index in [-0.39, 0.29) is 0 Å². The first-order valence-corrected chi connectivity index (χ1v) is 8.68. The molecule has 2 N–H and O–H groups in total. The molecule has 5 nitrogen and oxygen atoms in total. The molecule has 1 aromatic rings. The molecule has 1 heterocycles. The number of phenolic OH excluding ortho intramolecular Hbond substituents is 1. The third-order valence-electron chi connectivity index (χ3n) is 3.74. The quantitative estimate of drug-likeness (QED) is 0.877. The van der Waals surface area contributed by atoms with Crippen LogP contribution in [0.15, 0.2) is 18.2 Å². The van der Waals surface area contributed by atoms with Crippen LogP contribution in [0.1, 0.15) is 24.0 Å². The smallest absolute Gasteiger partial charge is 0.211 e. The monoisotopic (exact) mass is 298 g/mol. The molecule has 0 aromatic heterocycles. The van der Waals surface area contributed by atoms with Crippen LogP contribution in [0.5, 0.6) is 5.75 Å². The zero-order valence-electron chi connectivity index (χ0n) is 12.0. The first kappa shape index (κ1) is 15.3. The van der Waals surface area contributed by atoms with E-state index in [1.165, 1.54) is 10.6 Å². The highest BCUT2D eigenvalue weighted by Crippen LogP contribution is 2.19. The zero-order chi connectivity index (χ0) is 14.8. The van der Waals surface area contributed by atoms with Gasteiger partial charge >= 0.3 is 0 Å². The molecule has 0 unspecified atom stereocenters. The summed E-state index contributed by atoms with van der Waals surface area (Å²) in [6.45, 7) is 3.73. The number of hydrogen-bond acceptors (Lipinski definition) is 4. The van der Waals surface area contributed by atoms with Gasteiger partial charge in [0, 0.05) is 31.2 Å². The lowest BCUT2D eigenvalue weighted by Gasteiger charge is -2.30. The molecule has 0 aliphatic carbocycles. The largest absolute Gasteiger partial charge is 0.508 e. The normalized spacial score (nSPS) is 18.3. The number of rotatable bonds is 4. The van der Waals surface area contributed by atoms with E-state index in [1.807, 2.05) is 19.1 Å². The molecule has 1 aliphatic heterocycles. The van der Waals surface area contributed by atoms with Crippen molar-refractivity contribution in [3.63, 3.8) is 0 Å². The van der Waals surface area contributed by atoms with Gasteiger partial charge in [0.15, 0.2) is 0 Å². The Morgan fingerprint density at radius 3 is 2.60 bits per heavy atom.